The molecule has 1 atom stereocenters. The summed E-state index contributed by atoms with van der Waals surface area (Å²) in [5.41, 5.74) is 12.6. The van der Waals surface area contributed by atoms with E-state index in [1.807, 2.05) is 0 Å². The van der Waals surface area contributed by atoms with Gasteiger partial charge in [0.1, 0.15) is 11.2 Å². The molecular weight excluding hydrogens is 693 g/mol. The Bertz CT molecular complexity index is 3250. The van der Waals surface area contributed by atoms with Crippen LogP contribution in [0.3, 0.4) is 0 Å². The normalized spacial score (nSPS) is 14.5. The van der Waals surface area contributed by atoms with Crippen LogP contribution in [0.5, 0.6) is 0 Å². The molecule has 10 aromatic rings. The van der Waals surface area contributed by atoms with Crippen molar-refractivity contribution >= 4 is 65.4 Å². The minimum absolute atomic E-state index is 0.311. The minimum atomic E-state index is 0.311. The maximum Gasteiger partial charge on any atom is 0.160 e. The molecule has 2 aromatic heterocycles. The highest BCUT2D eigenvalue weighted by Crippen LogP contribution is 2.42. The Kier molecular flexibility index (Phi) is 7.75. The number of hydrogen-bond donors (Lipinski definition) is 0. The average Bonchev–Trinajstić information content (AvgIpc) is 3.65. The molecule has 8 aromatic carbocycles. The molecule has 0 fully saturated rings. The minimum Gasteiger partial charge on any atom is -0.455 e. The van der Waals surface area contributed by atoms with Crippen molar-refractivity contribution in [2.45, 2.75) is 20.3 Å². The molecule has 3 heteroatoms. The van der Waals surface area contributed by atoms with Crippen molar-refractivity contribution in [3.8, 4) is 33.8 Å². The standard InChI is InChI=1S/C54H38N2O/c1-33-24-25-37(35-14-5-3-6-15-35)30-48(33)52-34(2)51(36-16-7-4-8-17-36)55-54(56-52)39-27-29-46-47-23-13-22-40(53(47)57-50(46)32-39)38-26-28-45-43-20-10-9-18-41(43)42-19-11-12-21-44(42)49(45)31-38/h3-23,25-33H,24H2,1-2H3. The maximum absolute atomic E-state index is 6.86. The third kappa shape index (κ3) is 5.50. The number of para-hydroxylation sites is 1. The highest BCUT2D eigenvalue weighted by molar-refractivity contribution is 6.26. The molecule has 0 spiro atoms. The highest BCUT2D eigenvalue weighted by atomic mass is 16.3. The second-order valence-corrected chi connectivity index (χ2v) is 15.3. The largest absolute Gasteiger partial charge is 0.455 e. The van der Waals surface area contributed by atoms with Crippen molar-refractivity contribution < 1.29 is 4.42 Å². The van der Waals surface area contributed by atoms with E-state index >= 15 is 0 Å². The number of aromatic nitrogens is 2. The first-order valence-corrected chi connectivity index (χ1v) is 19.8. The molecule has 1 aliphatic rings. The van der Waals surface area contributed by atoms with Crippen molar-refractivity contribution in [2.75, 3.05) is 0 Å². The summed E-state index contributed by atoms with van der Waals surface area (Å²) in [6.07, 6.45) is 5.64. The van der Waals surface area contributed by atoms with E-state index in [1.54, 1.807) is 0 Å². The van der Waals surface area contributed by atoms with Crippen LogP contribution in [0.15, 0.2) is 180 Å². The zero-order valence-corrected chi connectivity index (χ0v) is 31.8. The van der Waals surface area contributed by atoms with Gasteiger partial charge >= 0.3 is 0 Å². The van der Waals surface area contributed by atoms with Crippen LogP contribution < -0.4 is 0 Å². The monoisotopic (exact) mass is 730 g/mol. The Balaban J connectivity index is 1.06. The van der Waals surface area contributed by atoms with Gasteiger partial charge in [0, 0.05) is 33.0 Å². The SMILES string of the molecule is Cc1c(C2=CC(c3ccccc3)=CCC2C)nc(-c2ccc3c(c2)oc2c(-c4ccc5c6ccccc6c6ccccc6c5c4)cccc23)nc1-c1ccccc1. The molecule has 2 heterocycles. The van der Waals surface area contributed by atoms with E-state index in [0.717, 1.165) is 67.6 Å². The van der Waals surface area contributed by atoms with Crippen LogP contribution in [0.2, 0.25) is 0 Å². The van der Waals surface area contributed by atoms with Gasteiger partial charge in [0.15, 0.2) is 5.82 Å². The highest BCUT2D eigenvalue weighted by Gasteiger charge is 2.24. The summed E-state index contributed by atoms with van der Waals surface area (Å²) in [5, 5.41) is 9.74. The zero-order valence-electron chi connectivity index (χ0n) is 31.8. The number of fused-ring (bicyclic) bond motifs is 9. The molecule has 0 amide bonds. The molecule has 11 rings (SSSR count). The molecule has 270 valence electrons. The second kappa shape index (κ2) is 13.3. The smallest absolute Gasteiger partial charge is 0.160 e. The molecule has 1 unspecified atom stereocenters. The summed E-state index contributed by atoms with van der Waals surface area (Å²) < 4.78 is 6.86. The third-order valence-corrected chi connectivity index (χ3v) is 11.9. The van der Waals surface area contributed by atoms with Crippen molar-refractivity contribution in [1.82, 2.24) is 9.97 Å². The van der Waals surface area contributed by atoms with Gasteiger partial charge in [-0.25, -0.2) is 9.97 Å². The van der Waals surface area contributed by atoms with E-state index in [1.165, 1.54) is 49.0 Å². The van der Waals surface area contributed by atoms with Crippen LogP contribution in [0.25, 0.3) is 99.2 Å². The fourth-order valence-corrected chi connectivity index (χ4v) is 8.98. The Morgan fingerprint density at radius 3 is 1.79 bits per heavy atom. The van der Waals surface area contributed by atoms with E-state index in [9.17, 15) is 0 Å². The first-order valence-electron chi connectivity index (χ1n) is 19.8. The summed E-state index contributed by atoms with van der Waals surface area (Å²) in [4.78, 5) is 10.7. The molecule has 0 saturated heterocycles. The molecule has 0 N–H and O–H groups in total. The predicted molar refractivity (Wildman–Crippen MR) is 239 cm³/mol. The van der Waals surface area contributed by atoms with Gasteiger partial charge in [-0.05, 0) is 98.1 Å². The Labute approximate surface area is 331 Å². The van der Waals surface area contributed by atoms with Gasteiger partial charge in [-0.1, -0.05) is 159 Å². The molecule has 57 heavy (non-hydrogen) atoms. The van der Waals surface area contributed by atoms with E-state index in [4.69, 9.17) is 14.4 Å². The van der Waals surface area contributed by atoms with Crippen LogP contribution in [0.4, 0.5) is 0 Å². The summed E-state index contributed by atoms with van der Waals surface area (Å²) in [5.74, 6) is 1.00. The summed E-state index contributed by atoms with van der Waals surface area (Å²) in [7, 11) is 0. The molecule has 0 aliphatic heterocycles. The van der Waals surface area contributed by atoms with Crippen LogP contribution in [-0.4, -0.2) is 9.97 Å². The fourth-order valence-electron chi connectivity index (χ4n) is 8.98. The van der Waals surface area contributed by atoms with Gasteiger partial charge < -0.3 is 4.42 Å². The topological polar surface area (TPSA) is 38.9 Å². The summed E-state index contributed by atoms with van der Waals surface area (Å²) >= 11 is 0. The van der Waals surface area contributed by atoms with Crippen LogP contribution in [-0.2, 0) is 0 Å². The van der Waals surface area contributed by atoms with Crippen LogP contribution in [0.1, 0.15) is 30.2 Å². The molecular formula is C54H38N2O. The Hall–Kier alpha value is -7.10. The number of nitrogens with zero attached hydrogens (tertiary/aromatic N) is 2. The number of hydrogen-bond acceptors (Lipinski definition) is 3. The lowest BCUT2D eigenvalue weighted by Crippen LogP contribution is -2.09. The molecule has 1 aliphatic carbocycles. The number of rotatable bonds is 5. The van der Waals surface area contributed by atoms with Gasteiger partial charge in [0.2, 0.25) is 0 Å². The van der Waals surface area contributed by atoms with E-state index < -0.39 is 0 Å². The molecule has 0 saturated carbocycles. The molecule has 0 bridgehead atoms. The van der Waals surface area contributed by atoms with Crippen molar-refractivity contribution in [2.24, 2.45) is 5.92 Å². The number of allylic oxidation sites excluding steroid dienone is 4. The van der Waals surface area contributed by atoms with Crippen molar-refractivity contribution in [1.29, 1.82) is 0 Å². The lowest BCUT2D eigenvalue weighted by atomic mass is 9.84. The van der Waals surface area contributed by atoms with Gasteiger partial charge in [-0.2, -0.15) is 0 Å². The number of benzene rings is 8. The van der Waals surface area contributed by atoms with Crippen LogP contribution >= 0.6 is 0 Å². The second-order valence-electron chi connectivity index (χ2n) is 15.3. The first-order chi connectivity index (χ1) is 28.1. The maximum atomic E-state index is 6.86. The molecule has 3 nitrogen and oxygen atoms in total. The van der Waals surface area contributed by atoms with Gasteiger partial charge in [0.25, 0.3) is 0 Å². The lowest BCUT2D eigenvalue weighted by molar-refractivity contribution is 0.670. The predicted octanol–water partition coefficient (Wildman–Crippen LogP) is 14.7. The van der Waals surface area contributed by atoms with Crippen molar-refractivity contribution in [3.05, 3.63) is 193 Å². The summed E-state index contributed by atoms with van der Waals surface area (Å²) in [6, 6.07) is 58.3. The van der Waals surface area contributed by atoms with E-state index in [-0.39, 0.29) is 0 Å². The Morgan fingerprint density at radius 1 is 0.491 bits per heavy atom. The summed E-state index contributed by atoms with van der Waals surface area (Å²) in [6.45, 7) is 4.46. The first kappa shape index (κ1) is 33.3. The Morgan fingerprint density at radius 2 is 1.07 bits per heavy atom. The van der Waals surface area contributed by atoms with E-state index in [0.29, 0.717) is 11.7 Å². The average molecular weight is 731 g/mol. The van der Waals surface area contributed by atoms with Gasteiger partial charge in [-0.15, -0.1) is 0 Å². The quantitative estimate of drug-likeness (QED) is 0.166. The van der Waals surface area contributed by atoms with E-state index in [2.05, 4.69) is 190 Å². The van der Waals surface area contributed by atoms with Gasteiger partial charge in [-0.3, -0.25) is 0 Å². The lowest BCUT2D eigenvalue weighted by Gasteiger charge is -2.23. The zero-order chi connectivity index (χ0) is 38.0. The molecule has 0 radical (unpaired) electrons. The van der Waals surface area contributed by atoms with Gasteiger partial charge in [0.05, 0.1) is 11.4 Å². The van der Waals surface area contributed by atoms with Crippen LogP contribution in [0, 0.1) is 12.8 Å². The number of furan rings is 1. The van der Waals surface area contributed by atoms with Crippen molar-refractivity contribution in [3.63, 3.8) is 0 Å². The fraction of sp³-hybridized carbons (Fsp3) is 0.0741. The third-order valence-electron chi connectivity index (χ3n) is 11.9.